The molecule has 0 spiro atoms. The number of thioether (sulfide) groups is 1. The Kier molecular flexibility index (Phi) is 9.95. The first-order valence-electron chi connectivity index (χ1n) is 8.86. The fourth-order valence-electron chi connectivity index (χ4n) is 2.15. The normalized spacial score (nSPS) is 11.8. The quantitative estimate of drug-likeness (QED) is 0.366. The van der Waals surface area contributed by atoms with Crippen molar-refractivity contribution >= 4 is 29.5 Å². The molecule has 0 aliphatic heterocycles. The molecule has 1 rings (SSSR count). The van der Waals surface area contributed by atoms with Crippen LogP contribution in [0.2, 0.25) is 0 Å². The van der Waals surface area contributed by atoms with Crippen molar-refractivity contribution in [3.8, 4) is 0 Å². The molecular formula is C19H32N4O2S. The first kappa shape index (κ1) is 22.2. The maximum Gasteiger partial charge on any atom is 0.412 e. The molecule has 146 valence electrons. The van der Waals surface area contributed by atoms with E-state index >= 15 is 0 Å². The number of hydrogen-bond donors (Lipinski definition) is 3. The Morgan fingerprint density at radius 2 is 1.81 bits per heavy atom. The molecule has 7 heteroatoms. The van der Waals surface area contributed by atoms with Crippen LogP contribution in [0.15, 0.2) is 29.3 Å². The first-order valence-corrected chi connectivity index (χ1v) is 10.3. The van der Waals surface area contributed by atoms with E-state index in [4.69, 9.17) is 4.74 Å². The number of carbonyl (C=O) groups is 1. The summed E-state index contributed by atoms with van der Waals surface area (Å²) in [5.41, 5.74) is 1.41. The Bertz CT molecular complexity index is 568. The molecule has 0 saturated carbocycles. The monoisotopic (exact) mass is 380 g/mol. The van der Waals surface area contributed by atoms with Gasteiger partial charge < -0.3 is 15.4 Å². The van der Waals surface area contributed by atoms with Gasteiger partial charge in [-0.05, 0) is 63.3 Å². The zero-order valence-corrected chi connectivity index (χ0v) is 17.3. The maximum absolute atomic E-state index is 11.8. The molecule has 0 aromatic heterocycles. The van der Waals surface area contributed by atoms with E-state index in [2.05, 4.69) is 27.2 Å². The third-order valence-electron chi connectivity index (χ3n) is 3.35. The summed E-state index contributed by atoms with van der Waals surface area (Å²) in [7, 11) is 1.78. The number of carbonyl (C=O) groups excluding carboxylic acids is 1. The Labute approximate surface area is 161 Å². The summed E-state index contributed by atoms with van der Waals surface area (Å²) in [4.78, 5) is 16.0. The predicted octanol–water partition coefficient (Wildman–Crippen LogP) is 3.49. The van der Waals surface area contributed by atoms with Crippen LogP contribution in [0.25, 0.3) is 0 Å². The van der Waals surface area contributed by atoms with Crippen LogP contribution in [-0.2, 0) is 11.2 Å². The van der Waals surface area contributed by atoms with Crippen molar-refractivity contribution in [2.75, 3.05) is 37.5 Å². The number of nitrogens with zero attached hydrogens (tertiary/aromatic N) is 1. The van der Waals surface area contributed by atoms with Crippen molar-refractivity contribution in [2.24, 2.45) is 4.99 Å². The smallest absolute Gasteiger partial charge is 0.412 e. The van der Waals surface area contributed by atoms with Crippen LogP contribution in [-0.4, -0.2) is 49.8 Å². The fourth-order valence-corrected chi connectivity index (χ4v) is 2.58. The highest BCUT2D eigenvalue weighted by Crippen LogP contribution is 2.13. The molecule has 0 atom stereocenters. The van der Waals surface area contributed by atoms with Gasteiger partial charge in [0.2, 0.25) is 0 Å². The molecule has 6 nitrogen and oxygen atoms in total. The standard InChI is InChI=1S/C19H32N4O2S/c1-19(2,3)25-18(24)23-16-9-7-15(8-10-16)11-13-22-17(20-4)21-12-6-14-26-5/h7-10H,6,11-14H2,1-5H3,(H,23,24)(H2,20,21,22). The van der Waals surface area contributed by atoms with Crippen molar-refractivity contribution in [1.82, 2.24) is 10.6 Å². The maximum atomic E-state index is 11.8. The number of aliphatic imine (C=N–C) groups is 1. The molecule has 1 amide bonds. The lowest BCUT2D eigenvalue weighted by molar-refractivity contribution is 0.0636. The summed E-state index contributed by atoms with van der Waals surface area (Å²) >= 11 is 1.85. The number of nitrogens with one attached hydrogen (secondary N) is 3. The molecule has 0 aliphatic carbocycles. The Balaban J connectivity index is 2.34. The molecule has 3 N–H and O–H groups in total. The van der Waals surface area contributed by atoms with Crippen LogP contribution >= 0.6 is 11.8 Å². The van der Waals surface area contributed by atoms with E-state index in [9.17, 15) is 4.79 Å². The molecule has 0 unspecified atom stereocenters. The Morgan fingerprint density at radius 1 is 1.15 bits per heavy atom. The molecule has 0 saturated heterocycles. The van der Waals surface area contributed by atoms with Crippen molar-refractivity contribution in [2.45, 2.75) is 39.2 Å². The second-order valence-electron chi connectivity index (χ2n) is 6.85. The number of amides is 1. The first-order chi connectivity index (χ1) is 12.3. The second kappa shape index (κ2) is 11.7. The van der Waals surface area contributed by atoms with E-state index in [-0.39, 0.29) is 0 Å². The highest BCUT2D eigenvalue weighted by molar-refractivity contribution is 7.98. The summed E-state index contributed by atoms with van der Waals surface area (Å²) < 4.78 is 5.24. The van der Waals surface area contributed by atoms with Crippen molar-refractivity contribution in [1.29, 1.82) is 0 Å². The number of anilines is 1. The van der Waals surface area contributed by atoms with E-state index in [1.807, 2.05) is 56.8 Å². The van der Waals surface area contributed by atoms with Gasteiger partial charge in [0.25, 0.3) is 0 Å². The third-order valence-corrected chi connectivity index (χ3v) is 4.04. The van der Waals surface area contributed by atoms with Crippen LogP contribution in [0.5, 0.6) is 0 Å². The molecule has 0 radical (unpaired) electrons. The van der Waals surface area contributed by atoms with Crippen LogP contribution in [0, 0.1) is 0 Å². The Morgan fingerprint density at radius 3 is 2.38 bits per heavy atom. The van der Waals surface area contributed by atoms with Gasteiger partial charge in [0.15, 0.2) is 5.96 Å². The molecule has 1 aromatic rings. The number of ether oxygens (including phenoxy) is 1. The van der Waals surface area contributed by atoms with Gasteiger partial charge in [0.05, 0.1) is 0 Å². The fraction of sp³-hybridized carbons (Fsp3) is 0.579. The summed E-state index contributed by atoms with van der Waals surface area (Å²) in [6.45, 7) is 7.24. The molecule has 0 bridgehead atoms. The average molecular weight is 381 g/mol. The zero-order valence-electron chi connectivity index (χ0n) is 16.5. The zero-order chi connectivity index (χ0) is 19.4. The minimum atomic E-state index is -0.502. The van der Waals surface area contributed by atoms with Crippen LogP contribution in [0.4, 0.5) is 10.5 Å². The summed E-state index contributed by atoms with van der Waals surface area (Å²) in [6.07, 6.45) is 3.66. The molecular weight excluding hydrogens is 348 g/mol. The summed E-state index contributed by atoms with van der Waals surface area (Å²) in [6, 6.07) is 7.77. The predicted molar refractivity (Wildman–Crippen MR) is 112 cm³/mol. The van der Waals surface area contributed by atoms with E-state index in [1.165, 1.54) is 5.56 Å². The van der Waals surface area contributed by atoms with Crippen molar-refractivity contribution in [3.63, 3.8) is 0 Å². The van der Waals surface area contributed by atoms with Gasteiger partial charge in [-0.1, -0.05) is 12.1 Å². The van der Waals surface area contributed by atoms with E-state index < -0.39 is 11.7 Å². The van der Waals surface area contributed by atoms with E-state index in [1.54, 1.807) is 7.05 Å². The van der Waals surface area contributed by atoms with Crippen molar-refractivity contribution in [3.05, 3.63) is 29.8 Å². The minimum absolute atomic E-state index is 0.441. The number of hydrogen-bond acceptors (Lipinski definition) is 4. The number of benzene rings is 1. The largest absolute Gasteiger partial charge is 0.444 e. The van der Waals surface area contributed by atoms with Gasteiger partial charge >= 0.3 is 6.09 Å². The SMILES string of the molecule is CN=C(NCCCSC)NCCc1ccc(NC(=O)OC(C)(C)C)cc1. The lowest BCUT2D eigenvalue weighted by Crippen LogP contribution is -2.38. The lowest BCUT2D eigenvalue weighted by Gasteiger charge is -2.19. The second-order valence-corrected chi connectivity index (χ2v) is 7.83. The summed E-state index contributed by atoms with van der Waals surface area (Å²) in [5, 5.41) is 9.35. The molecule has 0 aliphatic rings. The number of guanidine groups is 1. The van der Waals surface area contributed by atoms with Gasteiger partial charge in [-0.3, -0.25) is 10.3 Å². The van der Waals surface area contributed by atoms with Crippen molar-refractivity contribution < 1.29 is 9.53 Å². The lowest BCUT2D eigenvalue weighted by atomic mass is 10.1. The van der Waals surface area contributed by atoms with E-state index in [0.29, 0.717) is 0 Å². The highest BCUT2D eigenvalue weighted by Gasteiger charge is 2.16. The topological polar surface area (TPSA) is 74.8 Å². The van der Waals surface area contributed by atoms with Crippen LogP contribution in [0.3, 0.4) is 0 Å². The van der Waals surface area contributed by atoms with Gasteiger partial charge in [-0.25, -0.2) is 4.79 Å². The van der Waals surface area contributed by atoms with Crippen LogP contribution < -0.4 is 16.0 Å². The minimum Gasteiger partial charge on any atom is -0.444 e. The van der Waals surface area contributed by atoms with Gasteiger partial charge in [-0.15, -0.1) is 0 Å². The molecule has 0 heterocycles. The average Bonchev–Trinajstić information content (AvgIpc) is 2.57. The van der Waals surface area contributed by atoms with E-state index in [0.717, 1.165) is 43.3 Å². The molecule has 0 fully saturated rings. The molecule has 1 aromatic carbocycles. The highest BCUT2D eigenvalue weighted by atomic mass is 32.2. The van der Waals surface area contributed by atoms with Gasteiger partial charge in [0, 0.05) is 25.8 Å². The number of rotatable bonds is 8. The van der Waals surface area contributed by atoms with Gasteiger partial charge in [-0.2, -0.15) is 11.8 Å². The third kappa shape index (κ3) is 10.2. The summed E-state index contributed by atoms with van der Waals surface area (Å²) in [5.74, 6) is 1.97. The van der Waals surface area contributed by atoms with Crippen LogP contribution in [0.1, 0.15) is 32.8 Å². The molecule has 26 heavy (non-hydrogen) atoms. The Hall–Kier alpha value is -1.89. The van der Waals surface area contributed by atoms with Gasteiger partial charge in [0.1, 0.15) is 5.60 Å².